The number of benzene rings is 2. The number of aliphatic hydroxyl groups excluding tert-OH is 1. The van der Waals surface area contributed by atoms with E-state index in [4.69, 9.17) is 11.6 Å². The second-order valence-corrected chi connectivity index (χ2v) is 16.5. The zero-order chi connectivity index (χ0) is 43.7. The van der Waals surface area contributed by atoms with Crippen LogP contribution in [-0.2, 0) is 22.5 Å². The summed E-state index contributed by atoms with van der Waals surface area (Å²) in [4.78, 5) is 38.8. The number of alkyl carbamates (subject to hydrolysis) is 1. The first-order valence-electron chi connectivity index (χ1n) is 20.1. The van der Waals surface area contributed by atoms with Crippen molar-refractivity contribution in [2.24, 2.45) is 5.41 Å². The third kappa shape index (κ3) is 11.8. The average molecular weight is 864 g/mol. The molecule has 2 aromatic heterocycles. The van der Waals surface area contributed by atoms with Gasteiger partial charge in [-0.2, -0.15) is 0 Å². The molecule has 6 rings (SSSR count). The van der Waals surface area contributed by atoms with Crippen LogP contribution in [0, 0.1) is 23.1 Å². The number of rotatable bonds is 16. The van der Waals surface area contributed by atoms with E-state index in [9.17, 15) is 27.9 Å². The SMILES string of the molecule is COC(=O)NC(C(=O)N[C@@H](Cc1ccc(C#Cc2ccc(N3CC4CCC(C3)N4CC(F)F)nc2)cc1)[C@@H](O)CNCc1c(F)cc(-c2ccccn2)cc1Cl)C(C)(C)CF. The minimum atomic E-state index is -2.35. The number of hydrogen-bond acceptors (Lipinski definition) is 9. The van der Waals surface area contributed by atoms with Gasteiger partial charge in [0.05, 0.1) is 38.2 Å². The first-order valence-corrected chi connectivity index (χ1v) is 20.5. The van der Waals surface area contributed by atoms with Crippen molar-refractivity contribution >= 4 is 29.4 Å². The van der Waals surface area contributed by atoms with Gasteiger partial charge in [0.2, 0.25) is 5.91 Å². The quantitative estimate of drug-likeness (QED) is 0.0774. The summed E-state index contributed by atoms with van der Waals surface area (Å²) in [5.74, 6) is 5.74. The molecule has 11 nitrogen and oxygen atoms in total. The molecule has 2 aromatic carbocycles. The fourth-order valence-electron chi connectivity index (χ4n) is 7.76. The molecule has 61 heavy (non-hydrogen) atoms. The highest BCUT2D eigenvalue weighted by Gasteiger charge is 2.41. The monoisotopic (exact) mass is 863 g/mol. The molecule has 4 heterocycles. The molecule has 2 amide bonds. The molecule has 5 atom stereocenters. The summed E-state index contributed by atoms with van der Waals surface area (Å²) in [5.41, 5.74) is 2.04. The third-order valence-corrected chi connectivity index (χ3v) is 11.5. The maximum atomic E-state index is 15.3. The van der Waals surface area contributed by atoms with Gasteiger partial charge in [0.1, 0.15) is 17.7 Å². The van der Waals surface area contributed by atoms with Crippen molar-refractivity contribution in [1.82, 2.24) is 30.8 Å². The van der Waals surface area contributed by atoms with E-state index in [2.05, 4.69) is 47.4 Å². The lowest BCUT2D eigenvalue weighted by atomic mass is 9.85. The molecular formula is C45H50ClF4N7O4. The molecular weight excluding hydrogens is 814 g/mol. The molecule has 324 valence electrons. The average Bonchev–Trinajstić information content (AvgIpc) is 3.46. The van der Waals surface area contributed by atoms with E-state index in [1.54, 1.807) is 60.9 Å². The van der Waals surface area contributed by atoms with Crippen molar-refractivity contribution in [3.8, 4) is 23.1 Å². The van der Waals surface area contributed by atoms with Gasteiger partial charge in [0, 0.05) is 83.3 Å². The Labute approximate surface area is 358 Å². The highest BCUT2D eigenvalue weighted by Crippen LogP contribution is 2.33. The minimum Gasteiger partial charge on any atom is -0.453 e. The van der Waals surface area contributed by atoms with Gasteiger partial charge >= 0.3 is 6.09 Å². The van der Waals surface area contributed by atoms with Crippen LogP contribution in [0.5, 0.6) is 0 Å². The van der Waals surface area contributed by atoms with Crippen LogP contribution >= 0.6 is 11.6 Å². The zero-order valence-corrected chi connectivity index (χ0v) is 34.9. The summed E-state index contributed by atoms with van der Waals surface area (Å²) < 4.78 is 60.3. The maximum absolute atomic E-state index is 15.3. The topological polar surface area (TPSA) is 132 Å². The number of pyridine rings is 2. The summed E-state index contributed by atoms with van der Waals surface area (Å²) in [6, 6.07) is 17.1. The van der Waals surface area contributed by atoms with Crippen molar-refractivity contribution in [1.29, 1.82) is 0 Å². The van der Waals surface area contributed by atoms with E-state index in [0.717, 1.165) is 31.3 Å². The van der Waals surface area contributed by atoms with Crippen LogP contribution in [0.1, 0.15) is 48.9 Å². The van der Waals surface area contributed by atoms with Crippen LogP contribution in [-0.4, -0.2) is 109 Å². The van der Waals surface area contributed by atoms with Gasteiger partial charge in [0.25, 0.3) is 6.43 Å². The fraction of sp³-hybridized carbons (Fsp3) is 0.422. The molecule has 4 N–H and O–H groups in total. The number of nitrogens with zero attached hydrogens (tertiary/aromatic N) is 4. The lowest BCUT2D eigenvalue weighted by Gasteiger charge is -2.41. The Kier molecular flexibility index (Phi) is 15.2. The number of methoxy groups -OCH3 is 1. The Morgan fingerprint density at radius 1 is 1.00 bits per heavy atom. The number of carbonyl (C=O) groups excluding carboxylic acids is 2. The predicted octanol–water partition coefficient (Wildman–Crippen LogP) is 6.15. The second-order valence-electron chi connectivity index (χ2n) is 16.1. The molecule has 2 bridgehead atoms. The van der Waals surface area contributed by atoms with Gasteiger partial charge in [-0.1, -0.05) is 55.5 Å². The van der Waals surface area contributed by atoms with E-state index in [-0.39, 0.29) is 48.7 Å². The van der Waals surface area contributed by atoms with Crippen LogP contribution in [0.3, 0.4) is 0 Å². The molecule has 0 saturated carbocycles. The number of hydrogen-bond donors (Lipinski definition) is 4. The molecule has 2 saturated heterocycles. The molecule has 0 spiro atoms. The van der Waals surface area contributed by atoms with Gasteiger partial charge in [-0.15, -0.1) is 0 Å². The van der Waals surface area contributed by atoms with E-state index >= 15 is 4.39 Å². The Balaban J connectivity index is 1.12. The van der Waals surface area contributed by atoms with Gasteiger partial charge in [-0.3, -0.25) is 19.1 Å². The number of ether oxygens (including phenoxy) is 1. The summed E-state index contributed by atoms with van der Waals surface area (Å²) in [6.07, 6.45) is 0.709. The highest BCUT2D eigenvalue weighted by molar-refractivity contribution is 6.31. The largest absolute Gasteiger partial charge is 0.453 e. The first kappa shape index (κ1) is 45.3. The number of nitrogens with one attached hydrogen (secondary N) is 3. The second kappa shape index (κ2) is 20.5. The number of aliphatic hydroxyl groups is 1. The number of piperazine rings is 1. The molecule has 2 aliphatic rings. The molecule has 3 unspecified atom stereocenters. The molecule has 16 heteroatoms. The zero-order valence-electron chi connectivity index (χ0n) is 34.2. The van der Waals surface area contributed by atoms with Crippen molar-refractivity contribution in [2.45, 2.75) is 76.4 Å². The smallest absolute Gasteiger partial charge is 0.407 e. The van der Waals surface area contributed by atoms with Crippen LogP contribution < -0.4 is 20.9 Å². The lowest BCUT2D eigenvalue weighted by Crippen LogP contribution is -2.59. The summed E-state index contributed by atoms with van der Waals surface area (Å²) in [5, 5.41) is 19.9. The number of carbonyl (C=O) groups is 2. The van der Waals surface area contributed by atoms with Crippen molar-refractivity contribution < 1.29 is 37.0 Å². The van der Waals surface area contributed by atoms with Crippen LogP contribution in [0.2, 0.25) is 5.02 Å². The highest BCUT2D eigenvalue weighted by atomic mass is 35.5. The van der Waals surface area contributed by atoms with Crippen LogP contribution in [0.4, 0.5) is 28.2 Å². The van der Waals surface area contributed by atoms with Crippen molar-refractivity contribution in [2.75, 3.05) is 44.9 Å². The molecule has 4 aromatic rings. The van der Waals surface area contributed by atoms with Gasteiger partial charge in [-0.25, -0.2) is 22.9 Å². The first-order chi connectivity index (χ1) is 29.2. The number of amides is 2. The lowest BCUT2D eigenvalue weighted by molar-refractivity contribution is -0.127. The van der Waals surface area contributed by atoms with Gasteiger partial charge < -0.3 is 30.7 Å². The van der Waals surface area contributed by atoms with E-state index < -0.39 is 54.5 Å². The molecule has 2 fully saturated rings. The van der Waals surface area contributed by atoms with E-state index in [1.165, 1.54) is 19.9 Å². The Morgan fingerprint density at radius 3 is 2.31 bits per heavy atom. The Morgan fingerprint density at radius 2 is 1.70 bits per heavy atom. The molecule has 2 aliphatic heterocycles. The maximum Gasteiger partial charge on any atom is 0.407 e. The number of fused-ring (bicyclic) bond motifs is 2. The predicted molar refractivity (Wildman–Crippen MR) is 225 cm³/mol. The Bertz CT molecular complexity index is 2140. The molecule has 0 aliphatic carbocycles. The molecule has 0 radical (unpaired) electrons. The van der Waals surface area contributed by atoms with Gasteiger partial charge in [-0.05, 0) is 73.4 Å². The number of alkyl halides is 3. The van der Waals surface area contributed by atoms with Gasteiger partial charge in [0.15, 0.2) is 0 Å². The number of anilines is 1. The number of aromatic nitrogens is 2. The summed E-state index contributed by atoms with van der Waals surface area (Å²) in [6.45, 7) is 3.00. The number of halogens is 5. The van der Waals surface area contributed by atoms with Crippen molar-refractivity contribution in [3.63, 3.8) is 0 Å². The van der Waals surface area contributed by atoms with Crippen LogP contribution in [0.15, 0.2) is 79.1 Å². The third-order valence-electron chi connectivity index (χ3n) is 11.2. The summed E-state index contributed by atoms with van der Waals surface area (Å²) >= 11 is 6.48. The standard InChI is InChI=1S/C45H50ClF4N7O4/c1-45(2,27-47)42(55-44(60)61-3)43(59)54-38(39(58)23-51-22-34-35(46)19-31(20-36(34)48)37-6-4-5-17-52-37)18-29-10-7-28(8-11-29)9-12-30-13-16-41(53-21-30)56-24-32-14-15-33(25-56)57(32)26-40(49)50/h4-8,10-11,13,16-17,19-21,32-33,38-40,42,51,58H,14-15,18,22-27H2,1-3H3,(H,54,59)(H,55,60)/t32?,33?,38-,39-,42?/m0/s1. The van der Waals surface area contributed by atoms with E-state index in [1.807, 2.05) is 17.0 Å². The normalized spacial score (nSPS) is 17.9. The van der Waals surface area contributed by atoms with E-state index in [0.29, 0.717) is 35.5 Å². The van der Waals surface area contributed by atoms with Crippen LogP contribution in [0.25, 0.3) is 11.3 Å². The van der Waals surface area contributed by atoms with Crippen molar-refractivity contribution in [3.05, 3.63) is 112 Å². The fourth-order valence-corrected chi connectivity index (χ4v) is 8.04. The minimum absolute atomic E-state index is 0.0423. The summed E-state index contributed by atoms with van der Waals surface area (Å²) in [7, 11) is 1.13. The Hall–Kier alpha value is -5.27.